The highest BCUT2D eigenvalue weighted by Crippen LogP contribution is 2.22. The molecule has 0 saturated carbocycles. The van der Waals surface area contributed by atoms with Crippen LogP contribution in [0.25, 0.3) is 0 Å². The summed E-state index contributed by atoms with van der Waals surface area (Å²) < 4.78 is 6.66. The van der Waals surface area contributed by atoms with E-state index in [2.05, 4.69) is 10.4 Å². The molecule has 0 spiro atoms. The summed E-state index contributed by atoms with van der Waals surface area (Å²) in [6.07, 6.45) is 1.66. The van der Waals surface area contributed by atoms with Gasteiger partial charge in [-0.25, -0.2) is 0 Å². The van der Waals surface area contributed by atoms with E-state index in [1.54, 1.807) is 29.0 Å². The number of nitrogens with one attached hydrogen (secondary N) is 1. The second-order valence-electron chi connectivity index (χ2n) is 6.12. The van der Waals surface area contributed by atoms with Gasteiger partial charge in [0, 0.05) is 25.4 Å². The van der Waals surface area contributed by atoms with Gasteiger partial charge in [-0.05, 0) is 25.1 Å². The highest BCUT2D eigenvalue weighted by molar-refractivity contribution is 5.95. The molecule has 132 valence electrons. The number of aromatic nitrogens is 2. The zero-order chi connectivity index (χ0) is 17.8. The minimum Gasteiger partial charge on any atom is -0.383 e. The van der Waals surface area contributed by atoms with Crippen molar-refractivity contribution in [2.75, 3.05) is 26.8 Å². The second kappa shape index (κ2) is 7.48. The fourth-order valence-corrected chi connectivity index (χ4v) is 3.00. The number of rotatable bonds is 5. The Kier molecular flexibility index (Phi) is 5.14. The highest BCUT2D eigenvalue weighted by Gasteiger charge is 2.33. The first kappa shape index (κ1) is 17.2. The van der Waals surface area contributed by atoms with Crippen molar-refractivity contribution in [2.45, 2.75) is 19.5 Å². The number of methoxy groups -OCH3 is 1. The van der Waals surface area contributed by atoms with Crippen LogP contribution in [0.2, 0.25) is 0 Å². The smallest absolute Gasteiger partial charge is 0.254 e. The largest absolute Gasteiger partial charge is 0.383 e. The number of carbonyl (C=O) groups excluding carboxylic acids is 2. The number of amides is 2. The lowest BCUT2D eigenvalue weighted by atomic mass is 10.1. The Hall–Kier alpha value is -2.67. The van der Waals surface area contributed by atoms with E-state index in [0.717, 1.165) is 11.3 Å². The summed E-state index contributed by atoms with van der Waals surface area (Å²) in [5.41, 5.74) is 2.51. The maximum atomic E-state index is 12.9. The monoisotopic (exact) mass is 342 g/mol. The van der Waals surface area contributed by atoms with Crippen LogP contribution in [-0.4, -0.2) is 53.3 Å². The summed E-state index contributed by atoms with van der Waals surface area (Å²) in [4.78, 5) is 27.1. The number of ether oxygens (including phenoxy) is 1. The molecule has 3 rings (SSSR count). The van der Waals surface area contributed by atoms with Gasteiger partial charge in [0.05, 0.1) is 25.4 Å². The Labute approximate surface area is 146 Å². The number of benzene rings is 1. The van der Waals surface area contributed by atoms with E-state index in [-0.39, 0.29) is 11.8 Å². The van der Waals surface area contributed by atoms with Gasteiger partial charge in [0.2, 0.25) is 5.91 Å². The van der Waals surface area contributed by atoms with Crippen LogP contribution in [0, 0.1) is 6.92 Å². The van der Waals surface area contributed by atoms with Gasteiger partial charge in [-0.1, -0.05) is 17.7 Å². The molecule has 1 aliphatic heterocycles. The molecule has 1 aromatic heterocycles. The van der Waals surface area contributed by atoms with Gasteiger partial charge in [-0.2, -0.15) is 5.10 Å². The third-order valence-corrected chi connectivity index (χ3v) is 4.25. The average Bonchev–Trinajstić information content (AvgIpc) is 3.09. The van der Waals surface area contributed by atoms with E-state index in [1.807, 2.05) is 31.2 Å². The lowest BCUT2D eigenvalue weighted by Gasteiger charge is -2.33. The molecule has 1 N–H and O–H groups in total. The van der Waals surface area contributed by atoms with Gasteiger partial charge < -0.3 is 15.0 Å². The molecule has 0 fully saturated rings. The topological polar surface area (TPSA) is 76.5 Å². The minimum atomic E-state index is -0.538. The van der Waals surface area contributed by atoms with Crippen LogP contribution in [-0.2, 0) is 16.1 Å². The summed E-state index contributed by atoms with van der Waals surface area (Å²) >= 11 is 0. The quantitative estimate of drug-likeness (QED) is 0.827. The molecular formula is C18H22N4O3. The van der Waals surface area contributed by atoms with Crippen LogP contribution in [0.3, 0.4) is 0 Å². The molecule has 0 radical (unpaired) electrons. The molecule has 7 nitrogen and oxygen atoms in total. The SMILES string of the molecule is COCCNC(=O)[C@@H]1CN(C(=O)c2cccc(C)c2)Cc2ccnn21. The van der Waals surface area contributed by atoms with E-state index in [1.165, 1.54) is 0 Å². The van der Waals surface area contributed by atoms with Gasteiger partial charge >= 0.3 is 0 Å². The zero-order valence-electron chi connectivity index (χ0n) is 14.4. The third kappa shape index (κ3) is 3.71. The maximum absolute atomic E-state index is 12.9. The number of carbonyl (C=O) groups is 2. The standard InChI is InChI=1S/C18H22N4O3/c1-13-4-3-5-14(10-13)18(24)21-11-15-6-7-20-22(15)16(12-21)17(23)19-8-9-25-2/h3-7,10,16H,8-9,11-12H2,1-2H3,(H,19,23)/t16-/m0/s1. The van der Waals surface area contributed by atoms with Crippen LogP contribution < -0.4 is 5.32 Å². The van der Waals surface area contributed by atoms with Crippen molar-refractivity contribution in [1.82, 2.24) is 20.0 Å². The van der Waals surface area contributed by atoms with Crippen molar-refractivity contribution in [3.05, 3.63) is 53.3 Å². The third-order valence-electron chi connectivity index (χ3n) is 4.25. The van der Waals surface area contributed by atoms with Crippen LogP contribution in [0.5, 0.6) is 0 Å². The van der Waals surface area contributed by atoms with E-state index in [4.69, 9.17) is 4.74 Å². The highest BCUT2D eigenvalue weighted by atomic mass is 16.5. The van der Waals surface area contributed by atoms with E-state index >= 15 is 0 Å². The van der Waals surface area contributed by atoms with Gasteiger partial charge in [-0.15, -0.1) is 0 Å². The van der Waals surface area contributed by atoms with Gasteiger partial charge in [-0.3, -0.25) is 14.3 Å². The molecule has 0 aliphatic carbocycles. The summed E-state index contributed by atoms with van der Waals surface area (Å²) in [6, 6.07) is 8.78. The minimum absolute atomic E-state index is 0.0779. The Balaban J connectivity index is 1.79. The molecule has 2 heterocycles. The molecule has 25 heavy (non-hydrogen) atoms. The predicted octanol–water partition coefficient (Wildman–Crippen LogP) is 1.15. The first-order valence-corrected chi connectivity index (χ1v) is 8.25. The summed E-state index contributed by atoms with van der Waals surface area (Å²) in [5, 5.41) is 7.08. The summed E-state index contributed by atoms with van der Waals surface area (Å²) in [6.45, 7) is 3.55. The number of fused-ring (bicyclic) bond motifs is 1. The number of hydrogen-bond donors (Lipinski definition) is 1. The Morgan fingerprint density at radius 2 is 2.20 bits per heavy atom. The first-order chi connectivity index (χ1) is 12.1. The Bertz CT molecular complexity index is 771. The summed E-state index contributed by atoms with van der Waals surface area (Å²) in [7, 11) is 1.58. The van der Waals surface area contributed by atoms with Crippen LogP contribution >= 0.6 is 0 Å². The van der Waals surface area contributed by atoms with Crippen molar-refractivity contribution < 1.29 is 14.3 Å². The maximum Gasteiger partial charge on any atom is 0.254 e. The molecule has 2 aromatic rings. The first-order valence-electron chi connectivity index (χ1n) is 8.25. The Morgan fingerprint density at radius 1 is 1.36 bits per heavy atom. The van der Waals surface area contributed by atoms with Gasteiger partial charge in [0.25, 0.3) is 5.91 Å². The molecule has 1 aliphatic rings. The lowest BCUT2D eigenvalue weighted by Crippen LogP contribution is -2.47. The van der Waals surface area contributed by atoms with Crippen molar-refractivity contribution >= 4 is 11.8 Å². The van der Waals surface area contributed by atoms with Crippen LogP contribution in [0.1, 0.15) is 27.7 Å². The van der Waals surface area contributed by atoms with E-state index in [0.29, 0.717) is 31.8 Å². The predicted molar refractivity (Wildman–Crippen MR) is 92.1 cm³/mol. The number of aryl methyl sites for hydroxylation is 1. The summed E-state index contributed by atoms with van der Waals surface area (Å²) in [5.74, 6) is -0.241. The molecule has 7 heteroatoms. The van der Waals surface area contributed by atoms with Gasteiger partial charge in [0.15, 0.2) is 0 Å². The molecule has 0 saturated heterocycles. The Morgan fingerprint density at radius 3 is 2.96 bits per heavy atom. The van der Waals surface area contributed by atoms with Crippen molar-refractivity contribution in [3.63, 3.8) is 0 Å². The fourth-order valence-electron chi connectivity index (χ4n) is 3.00. The van der Waals surface area contributed by atoms with Crippen LogP contribution in [0.15, 0.2) is 36.5 Å². The molecule has 1 atom stereocenters. The second-order valence-corrected chi connectivity index (χ2v) is 6.12. The molecule has 2 amide bonds. The number of hydrogen-bond acceptors (Lipinski definition) is 4. The van der Waals surface area contributed by atoms with Crippen LogP contribution in [0.4, 0.5) is 0 Å². The zero-order valence-corrected chi connectivity index (χ0v) is 14.4. The van der Waals surface area contributed by atoms with Crippen molar-refractivity contribution in [1.29, 1.82) is 0 Å². The molecule has 1 aromatic carbocycles. The van der Waals surface area contributed by atoms with E-state index in [9.17, 15) is 9.59 Å². The molecule has 0 unspecified atom stereocenters. The van der Waals surface area contributed by atoms with Crippen molar-refractivity contribution in [2.24, 2.45) is 0 Å². The fraction of sp³-hybridized carbons (Fsp3) is 0.389. The normalized spacial score (nSPS) is 16.4. The van der Waals surface area contributed by atoms with E-state index < -0.39 is 6.04 Å². The average molecular weight is 342 g/mol. The number of nitrogens with zero attached hydrogens (tertiary/aromatic N) is 3. The van der Waals surface area contributed by atoms with Gasteiger partial charge in [0.1, 0.15) is 6.04 Å². The molecular weight excluding hydrogens is 320 g/mol. The lowest BCUT2D eigenvalue weighted by molar-refractivity contribution is -0.125. The van der Waals surface area contributed by atoms with Crippen molar-refractivity contribution in [3.8, 4) is 0 Å². The molecule has 0 bridgehead atoms.